The van der Waals surface area contributed by atoms with E-state index in [0.29, 0.717) is 6.61 Å². The summed E-state index contributed by atoms with van der Waals surface area (Å²) in [5, 5.41) is 0. The summed E-state index contributed by atoms with van der Waals surface area (Å²) in [6, 6.07) is 28.6. The van der Waals surface area contributed by atoms with Crippen LogP contribution < -0.4 is 0 Å². The number of piperidine rings is 1. The highest BCUT2D eigenvalue weighted by Gasteiger charge is 2.44. The van der Waals surface area contributed by atoms with Crippen molar-refractivity contribution in [2.75, 3.05) is 13.1 Å². The molecular formula is C29H36ClNO. The highest BCUT2D eigenvalue weighted by atomic mass is 35.5. The zero-order valence-electron chi connectivity index (χ0n) is 19.6. The van der Waals surface area contributed by atoms with E-state index < -0.39 is 5.60 Å². The standard InChI is InChI=1S/C29H35NO.ClH/c1-23-19-24(2)21-26(20-23)22-31-29(27-13-7-4-8-14-27,28-15-9-5-10-16-28)25(3)30-17-11-6-12-18-30;/h4-5,7-10,13-16,19-21,25H,6,11-12,17-18,22H2,1-3H3;1H. The molecule has 3 aromatic rings. The van der Waals surface area contributed by atoms with Gasteiger partial charge in [0.25, 0.3) is 0 Å². The van der Waals surface area contributed by atoms with Gasteiger partial charge in [-0.15, -0.1) is 12.4 Å². The average Bonchev–Trinajstić information content (AvgIpc) is 2.81. The van der Waals surface area contributed by atoms with Gasteiger partial charge < -0.3 is 4.74 Å². The van der Waals surface area contributed by atoms with Crippen molar-refractivity contribution in [1.29, 1.82) is 0 Å². The van der Waals surface area contributed by atoms with Crippen LogP contribution in [0.3, 0.4) is 0 Å². The highest BCUT2D eigenvalue weighted by Crippen LogP contribution is 2.41. The second kappa shape index (κ2) is 11.1. The minimum atomic E-state index is -0.530. The first-order valence-corrected chi connectivity index (χ1v) is 11.7. The minimum Gasteiger partial charge on any atom is -0.359 e. The van der Waals surface area contributed by atoms with Crippen molar-refractivity contribution in [2.45, 2.75) is 58.3 Å². The molecule has 1 aliphatic rings. The molecule has 1 aliphatic heterocycles. The first-order valence-electron chi connectivity index (χ1n) is 11.7. The fourth-order valence-electron chi connectivity index (χ4n) is 5.22. The zero-order valence-corrected chi connectivity index (χ0v) is 20.4. The van der Waals surface area contributed by atoms with E-state index in [-0.39, 0.29) is 18.4 Å². The molecule has 0 spiro atoms. The Morgan fingerprint density at radius 2 is 1.28 bits per heavy atom. The largest absolute Gasteiger partial charge is 0.359 e. The normalized spacial score (nSPS) is 15.7. The Balaban J connectivity index is 0.00000289. The Kier molecular flexibility index (Phi) is 8.53. The van der Waals surface area contributed by atoms with E-state index in [0.717, 1.165) is 13.1 Å². The molecule has 1 heterocycles. The summed E-state index contributed by atoms with van der Waals surface area (Å²) in [4.78, 5) is 2.63. The monoisotopic (exact) mass is 449 g/mol. The summed E-state index contributed by atoms with van der Waals surface area (Å²) in [6.07, 6.45) is 3.86. The van der Waals surface area contributed by atoms with Crippen molar-refractivity contribution in [3.63, 3.8) is 0 Å². The second-order valence-electron chi connectivity index (χ2n) is 9.02. The van der Waals surface area contributed by atoms with Crippen molar-refractivity contribution in [3.05, 3.63) is 107 Å². The van der Waals surface area contributed by atoms with Crippen LogP contribution in [0.2, 0.25) is 0 Å². The van der Waals surface area contributed by atoms with Crippen molar-refractivity contribution in [2.24, 2.45) is 0 Å². The number of nitrogens with zero attached hydrogens (tertiary/aromatic N) is 1. The van der Waals surface area contributed by atoms with Gasteiger partial charge in [-0.05, 0) is 63.4 Å². The maximum absolute atomic E-state index is 7.07. The molecule has 0 saturated carbocycles. The predicted octanol–water partition coefficient (Wildman–Crippen LogP) is 7.06. The molecule has 0 aliphatic carbocycles. The summed E-state index contributed by atoms with van der Waals surface area (Å²) in [6.45, 7) is 9.53. The fourth-order valence-corrected chi connectivity index (χ4v) is 5.22. The number of hydrogen-bond donors (Lipinski definition) is 0. The lowest BCUT2D eigenvalue weighted by molar-refractivity contribution is -0.0883. The van der Waals surface area contributed by atoms with Crippen LogP contribution in [-0.2, 0) is 16.9 Å². The maximum Gasteiger partial charge on any atom is 0.134 e. The van der Waals surface area contributed by atoms with E-state index in [9.17, 15) is 0 Å². The number of aryl methyl sites for hydroxylation is 2. The van der Waals surface area contributed by atoms with Crippen LogP contribution in [-0.4, -0.2) is 24.0 Å². The van der Waals surface area contributed by atoms with Gasteiger partial charge in [0.1, 0.15) is 5.60 Å². The number of hydrogen-bond acceptors (Lipinski definition) is 2. The lowest BCUT2D eigenvalue weighted by atomic mass is 9.79. The molecule has 0 N–H and O–H groups in total. The molecule has 0 amide bonds. The van der Waals surface area contributed by atoms with Crippen molar-refractivity contribution >= 4 is 12.4 Å². The van der Waals surface area contributed by atoms with Crippen molar-refractivity contribution in [3.8, 4) is 0 Å². The first kappa shape index (κ1) is 24.5. The van der Waals surface area contributed by atoms with Crippen molar-refractivity contribution < 1.29 is 4.74 Å². The molecule has 2 nitrogen and oxygen atoms in total. The quantitative estimate of drug-likeness (QED) is 0.382. The Morgan fingerprint density at radius 3 is 1.78 bits per heavy atom. The average molecular weight is 450 g/mol. The van der Waals surface area contributed by atoms with Crippen LogP contribution in [0.4, 0.5) is 0 Å². The van der Waals surface area contributed by atoms with Gasteiger partial charge in [-0.2, -0.15) is 0 Å². The lowest BCUT2D eigenvalue weighted by Crippen LogP contribution is -2.52. The Labute approximate surface area is 200 Å². The van der Waals surface area contributed by atoms with Crippen LogP contribution in [0.1, 0.15) is 54.0 Å². The van der Waals surface area contributed by atoms with E-state index >= 15 is 0 Å². The van der Waals surface area contributed by atoms with Crippen molar-refractivity contribution in [1.82, 2.24) is 4.90 Å². The number of halogens is 1. The molecule has 1 saturated heterocycles. The lowest BCUT2D eigenvalue weighted by Gasteiger charge is -2.46. The third kappa shape index (κ3) is 5.26. The van der Waals surface area contributed by atoms with Crippen LogP contribution in [0.15, 0.2) is 78.9 Å². The van der Waals surface area contributed by atoms with Crippen LogP contribution in [0.5, 0.6) is 0 Å². The van der Waals surface area contributed by atoms with E-state index in [2.05, 4.69) is 105 Å². The topological polar surface area (TPSA) is 12.5 Å². The van der Waals surface area contributed by atoms with E-state index in [4.69, 9.17) is 4.74 Å². The second-order valence-corrected chi connectivity index (χ2v) is 9.02. The Hall–Kier alpha value is -2.13. The predicted molar refractivity (Wildman–Crippen MR) is 137 cm³/mol. The summed E-state index contributed by atoms with van der Waals surface area (Å²) in [7, 11) is 0. The van der Waals surface area contributed by atoms with Gasteiger partial charge in [0, 0.05) is 6.04 Å². The molecule has 4 rings (SSSR count). The van der Waals surface area contributed by atoms with Gasteiger partial charge in [-0.3, -0.25) is 4.90 Å². The van der Waals surface area contributed by atoms with Crippen LogP contribution in [0, 0.1) is 13.8 Å². The summed E-state index contributed by atoms with van der Waals surface area (Å²) >= 11 is 0. The van der Waals surface area contributed by atoms with Gasteiger partial charge in [0.2, 0.25) is 0 Å². The van der Waals surface area contributed by atoms with Gasteiger partial charge in [-0.1, -0.05) is 96.4 Å². The van der Waals surface area contributed by atoms with Gasteiger partial charge in [0.05, 0.1) is 6.61 Å². The molecule has 32 heavy (non-hydrogen) atoms. The maximum atomic E-state index is 7.07. The Morgan fingerprint density at radius 1 is 0.781 bits per heavy atom. The van der Waals surface area contributed by atoms with E-state index in [1.807, 2.05) is 0 Å². The van der Waals surface area contributed by atoms with Gasteiger partial charge in [-0.25, -0.2) is 0 Å². The minimum absolute atomic E-state index is 0. The molecular weight excluding hydrogens is 414 g/mol. The first-order chi connectivity index (χ1) is 15.1. The highest BCUT2D eigenvalue weighted by molar-refractivity contribution is 5.85. The molecule has 0 radical (unpaired) electrons. The molecule has 1 atom stereocenters. The number of likely N-dealkylation sites (tertiary alicyclic amines) is 1. The van der Waals surface area contributed by atoms with E-state index in [1.165, 1.54) is 47.1 Å². The third-order valence-electron chi connectivity index (χ3n) is 6.68. The third-order valence-corrected chi connectivity index (χ3v) is 6.68. The number of rotatable bonds is 7. The fraction of sp³-hybridized carbons (Fsp3) is 0.379. The summed E-state index contributed by atoms with van der Waals surface area (Å²) in [5.41, 5.74) is 5.73. The molecule has 0 aromatic heterocycles. The summed E-state index contributed by atoms with van der Waals surface area (Å²) in [5.74, 6) is 0. The molecule has 170 valence electrons. The SMILES string of the molecule is Cc1cc(C)cc(COC(c2ccccc2)(c2ccccc2)C(C)N2CCCCC2)c1.Cl. The zero-order chi connectivity index (χ0) is 21.7. The molecule has 3 heteroatoms. The Bertz CT molecular complexity index is 907. The summed E-state index contributed by atoms with van der Waals surface area (Å²) < 4.78 is 7.07. The number of ether oxygens (including phenoxy) is 1. The number of benzene rings is 3. The van der Waals surface area contributed by atoms with E-state index in [1.54, 1.807) is 0 Å². The van der Waals surface area contributed by atoms with Gasteiger partial charge in [0.15, 0.2) is 0 Å². The molecule has 3 aromatic carbocycles. The smallest absolute Gasteiger partial charge is 0.134 e. The van der Waals surface area contributed by atoms with Gasteiger partial charge >= 0.3 is 0 Å². The molecule has 1 fully saturated rings. The molecule has 1 unspecified atom stereocenters. The van der Waals surface area contributed by atoms with Crippen LogP contribution in [0.25, 0.3) is 0 Å². The van der Waals surface area contributed by atoms with Crippen LogP contribution >= 0.6 is 12.4 Å². The molecule has 0 bridgehead atoms.